The summed E-state index contributed by atoms with van der Waals surface area (Å²) in [4.78, 5) is 21.7. The number of aryl methyl sites for hydroxylation is 1. The molecule has 3 N–H and O–H groups in total. The number of phenols is 1. The van der Waals surface area contributed by atoms with Gasteiger partial charge in [-0.05, 0) is 42.6 Å². The summed E-state index contributed by atoms with van der Waals surface area (Å²) < 4.78 is 32.9. The SMILES string of the molecule is Cc1[nH]n(-c2ccccc2)c(=O)c1N=Nc1cc([N+](=O)[O-])ccc1[O-].O=S(=O)(O)c1cc(Cl)cc(N=Nc2c(O)ccc3ccccc23)c1[O-].[Cr+3]. The number of non-ortho nitro benzene ring substituents is 1. The molecule has 0 bridgehead atoms. The summed E-state index contributed by atoms with van der Waals surface area (Å²) in [7, 11) is -4.75. The monoisotopic (exact) mass is 767 g/mol. The molecule has 0 fully saturated rings. The minimum Gasteiger partial charge on any atom is -0.871 e. The van der Waals surface area contributed by atoms with Gasteiger partial charge < -0.3 is 15.3 Å². The number of aromatic amines is 1. The summed E-state index contributed by atoms with van der Waals surface area (Å²) in [6, 6.07) is 24.2. The van der Waals surface area contributed by atoms with Crippen molar-refractivity contribution in [3.63, 3.8) is 0 Å². The quantitative estimate of drug-likeness (QED) is 0.0667. The maximum absolute atomic E-state index is 12.5. The molecule has 1 radical (unpaired) electrons. The van der Waals surface area contributed by atoms with Crippen LogP contribution in [0.3, 0.4) is 0 Å². The first-order valence-corrected chi connectivity index (χ1v) is 15.9. The number of nitro groups is 1. The van der Waals surface area contributed by atoms with E-state index in [1.165, 1.54) is 10.7 Å². The zero-order chi connectivity index (χ0) is 36.2. The molecule has 0 unspecified atom stereocenters. The summed E-state index contributed by atoms with van der Waals surface area (Å²) >= 11 is 5.77. The minimum absolute atomic E-state index is 0. The fourth-order valence-corrected chi connectivity index (χ4v) is 5.38. The Morgan fingerprint density at radius 1 is 0.843 bits per heavy atom. The predicted octanol–water partition coefficient (Wildman–Crippen LogP) is 6.80. The van der Waals surface area contributed by atoms with Gasteiger partial charge in [-0.3, -0.25) is 24.6 Å². The van der Waals surface area contributed by atoms with Crippen LogP contribution in [0.5, 0.6) is 17.2 Å². The van der Waals surface area contributed by atoms with Crippen molar-refractivity contribution >= 4 is 60.9 Å². The zero-order valence-electron chi connectivity index (χ0n) is 25.9. The molecule has 6 aromatic rings. The first kappa shape index (κ1) is 37.9. The van der Waals surface area contributed by atoms with Crippen LogP contribution in [-0.4, -0.2) is 32.8 Å². The Hall–Kier alpha value is -5.90. The number of nitrogens with one attached hydrogen (secondary N) is 1. The standard InChI is InChI=1S/C16H11ClN2O5S.C16H13N5O4.Cr/c17-10-7-12(16(21)14(8-10)25(22,23)24)18-19-15-11-4-2-1-3-9(11)5-6-13(15)20;1-10-15(16(23)20(19-10)11-5-3-2-4-6-11)18-17-13-9-12(21(24)25)7-8-14(13)22;/h1-8,20-21H,(H,22,23,24);2-9,19,22H,1H3;/q;;+3/p-2. The Labute approximate surface area is 303 Å². The molecule has 19 heteroatoms. The number of fused-ring (bicyclic) bond motifs is 1. The number of aromatic nitrogens is 2. The van der Waals surface area contributed by atoms with Gasteiger partial charge in [-0.2, -0.15) is 18.6 Å². The molecular weight excluding hydrogens is 746 g/mol. The van der Waals surface area contributed by atoms with Crippen LogP contribution < -0.4 is 15.8 Å². The van der Waals surface area contributed by atoms with E-state index in [0.717, 1.165) is 35.7 Å². The average molecular weight is 768 g/mol. The van der Waals surface area contributed by atoms with E-state index in [4.69, 9.17) is 16.2 Å². The molecule has 51 heavy (non-hydrogen) atoms. The fourth-order valence-electron chi connectivity index (χ4n) is 4.49. The third-order valence-electron chi connectivity index (χ3n) is 6.88. The molecule has 0 saturated carbocycles. The van der Waals surface area contributed by atoms with Gasteiger partial charge in [0.05, 0.1) is 32.6 Å². The van der Waals surface area contributed by atoms with E-state index in [0.29, 0.717) is 16.8 Å². The smallest absolute Gasteiger partial charge is 0.871 e. The average Bonchev–Trinajstić information content (AvgIpc) is 3.37. The van der Waals surface area contributed by atoms with Gasteiger partial charge in [0.15, 0.2) is 5.69 Å². The Balaban J connectivity index is 0.000000224. The molecule has 6 rings (SSSR count). The second-order valence-corrected chi connectivity index (χ2v) is 12.1. The molecule has 16 nitrogen and oxygen atoms in total. The number of rotatable bonds is 7. The molecule has 0 spiro atoms. The fraction of sp³-hybridized carbons (Fsp3) is 0.0312. The number of hydrogen-bond acceptors (Lipinski definition) is 12. The van der Waals surface area contributed by atoms with Gasteiger partial charge in [-0.15, -0.1) is 10.2 Å². The second-order valence-electron chi connectivity index (χ2n) is 10.3. The number of aromatic hydroxyl groups is 1. The molecule has 0 aliphatic carbocycles. The van der Waals surface area contributed by atoms with Crippen LogP contribution in [0.2, 0.25) is 5.02 Å². The summed E-state index contributed by atoms with van der Waals surface area (Å²) in [5.74, 6) is -1.73. The van der Waals surface area contributed by atoms with Crippen molar-refractivity contribution < 1.29 is 50.6 Å². The first-order valence-electron chi connectivity index (χ1n) is 14.1. The molecule has 0 amide bonds. The van der Waals surface area contributed by atoms with Gasteiger partial charge >= 0.3 is 17.4 Å². The molecule has 0 aliphatic heterocycles. The first-order chi connectivity index (χ1) is 23.7. The number of azo groups is 2. The summed E-state index contributed by atoms with van der Waals surface area (Å²) in [6.07, 6.45) is 0. The van der Waals surface area contributed by atoms with Gasteiger partial charge in [0.1, 0.15) is 11.4 Å². The summed E-state index contributed by atoms with van der Waals surface area (Å²) in [5.41, 5.74) is -0.0904. The Bertz CT molecular complexity index is 2490. The predicted molar refractivity (Wildman–Crippen MR) is 178 cm³/mol. The number of H-pyrrole nitrogens is 1. The third kappa shape index (κ3) is 8.64. The number of benzene rings is 5. The Kier molecular flexibility index (Phi) is 11.7. The van der Waals surface area contributed by atoms with Gasteiger partial charge in [0.25, 0.3) is 21.4 Å². The van der Waals surface area contributed by atoms with Gasteiger partial charge in [0, 0.05) is 22.5 Å². The topological polar surface area (TPSA) is 251 Å². The van der Waals surface area contributed by atoms with Crippen molar-refractivity contribution in [2.75, 3.05) is 0 Å². The van der Waals surface area contributed by atoms with E-state index in [1.807, 2.05) is 18.2 Å². The summed E-state index contributed by atoms with van der Waals surface area (Å²) in [5, 5.41) is 63.9. The third-order valence-corrected chi connectivity index (χ3v) is 7.96. The number of phenolic OH excluding ortho intramolecular Hbond substituents is 1. The van der Waals surface area contributed by atoms with Crippen molar-refractivity contribution in [3.8, 4) is 22.9 Å². The van der Waals surface area contributed by atoms with Crippen LogP contribution in [-0.2, 0) is 27.5 Å². The number of nitrogens with zero attached hydrogens (tertiary/aromatic N) is 6. The van der Waals surface area contributed by atoms with Crippen LogP contribution in [0, 0.1) is 17.0 Å². The molecule has 1 aromatic heterocycles. The van der Waals surface area contributed by atoms with Crippen LogP contribution in [0.25, 0.3) is 16.5 Å². The number of halogens is 1. The van der Waals surface area contributed by atoms with Gasteiger partial charge in [-0.25, -0.2) is 4.68 Å². The maximum atomic E-state index is 12.5. The van der Waals surface area contributed by atoms with Crippen LogP contribution >= 0.6 is 11.6 Å². The zero-order valence-corrected chi connectivity index (χ0v) is 28.7. The van der Waals surface area contributed by atoms with E-state index >= 15 is 0 Å². The van der Waals surface area contributed by atoms with Crippen LogP contribution in [0.1, 0.15) is 5.69 Å². The van der Waals surface area contributed by atoms with E-state index in [2.05, 4.69) is 25.6 Å². The van der Waals surface area contributed by atoms with Crippen LogP contribution in [0.4, 0.5) is 28.4 Å². The molecule has 5 aromatic carbocycles. The maximum Gasteiger partial charge on any atom is 3.00 e. The van der Waals surface area contributed by atoms with E-state index in [-0.39, 0.29) is 56.6 Å². The molecule has 0 saturated heterocycles. The molecule has 0 aliphatic rings. The molecule has 257 valence electrons. The minimum atomic E-state index is -4.75. The number of nitro benzene ring substituents is 1. The van der Waals surface area contributed by atoms with Crippen molar-refractivity contribution in [2.24, 2.45) is 20.5 Å². The normalized spacial score (nSPS) is 11.4. The van der Waals surface area contributed by atoms with Crippen molar-refractivity contribution in [3.05, 3.63) is 128 Å². The molecule has 0 atom stereocenters. The van der Waals surface area contributed by atoms with E-state index in [1.54, 1.807) is 49.4 Å². The summed E-state index contributed by atoms with van der Waals surface area (Å²) in [6.45, 7) is 1.64. The van der Waals surface area contributed by atoms with Crippen LogP contribution in [0.15, 0.2) is 127 Å². The second kappa shape index (κ2) is 15.8. The van der Waals surface area contributed by atoms with Gasteiger partial charge in [-0.1, -0.05) is 77.7 Å². The Morgan fingerprint density at radius 2 is 1.49 bits per heavy atom. The number of para-hydroxylation sites is 1. The van der Waals surface area contributed by atoms with E-state index in [9.17, 15) is 38.6 Å². The number of hydrogen-bond donors (Lipinski definition) is 3. The molecule has 1 heterocycles. The largest absolute Gasteiger partial charge is 3.00 e. The van der Waals surface area contributed by atoms with Crippen molar-refractivity contribution in [2.45, 2.75) is 11.8 Å². The molecular formula is C32H22ClCrN7O9S+. The Morgan fingerprint density at radius 3 is 2.18 bits per heavy atom. The van der Waals surface area contributed by atoms with E-state index < -0.39 is 37.0 Å². The van der Waals surface area contributed by atoms with Crippen molar-refractivity contribution in [1.82, 2.24) is 9.78 Å². The van der Waals surface area contributed by atoms with Gasteiger partial charge in [0.2, 0.25) is 0 Å². The van der Waals surface area contributed by atoms with Crippen molar-refractivity contribution in [1.29, 1.82) is 0 Å².